The lowest BCUT2D eigenvalue weighted by Crippen LogP contribution is -2.40. The van der Waals surface area contributed by atoms with Crippen LogP contribution in [0.5, 0.6) is 0 Å². The molecule has 1 aromatic heterocycles. The van der Waals surface area contributed by atoms with Crippen molar-refractivity contribution in [2.45, 2.75) is 31.5 Å². The van der Waals surface area contributed by atoms with Gasteiger partial charge in [-0.25, -0.2) is 0 Å². The van der Waals surface area contributed by atoms with Crippen molar-refractivity contribution in [2.24, 2.45) is 0 Å². The van der Waals surface area contributed by atoms with Gasteiger partial charge in [0.2, 0.25) is 5.91 Å². The molecule has 1 aromatic rings. The number of carbonyl (C=O) groups is 1. The number of nitrogens with zero attached hydrogens (tertiary/aromatic N) is 1. The lowest BCUT2D eigenvalue weighted by molar-refractivity contribution is -0.132. The Balaban J connectivity index is 2.04. The van der Waals surface area contributed by atoms with E-state index in [2.05, 4.69) is 0 Å². The van der Waals surface area contributed by atoms with Crippen molar-refractivity contribution < 1.29 is 14.3 Å². The number of furan rings is 1. The standard InChI is InChI=1S/C10H11NO3/c12-8-2-1-7-9(13)10-6(3-4-14-10)5-11(7)8/h3-4,7,9,13H,1-2,5H2/t7-,9-/m0/s1. The molecule has 0 aliphatic carbocycles. The number of hydrogen-bond donors (Lipinski definition) is 1. The molecular formula is C10H11NO3. The van der Waals surface area contributed by atoms with Crippen LogP contribution in [0.3, 0.4) is 0 Å². The highest BCUT2D eigenvalue weighted by molar-refractivity contribution is 5.79. The van der Waals surface area contributed by atoms with Crippen LogP contribution in [0, 0.1) is 0 Å². The van der Waals surface area contributed by atoms with Gasteiger partial charge in [0, 0.05) is 18.5 Å². The Morgan fingerprint density at radius 1 is 1.57 bits per heavy atom. The Morgan fingerprint density at radius 3 is 3.29 bits per heavy atom. The largest absolute Gasteiger partial charge is 0.466 e. The van der Waals surface area contributed by atoms with Gasteiger partial charge in [-0.1, -0.05) is 0 Å². The summed E-state index contributed by atoms with van der Waals surface area (Å²) in [6, 6.07) is 1.75. The number of carbonyl (C=O) groups excluding carboxylic acids is 1. The summed E-state index contributed by atoms with van der Waals surface area (Å²) in [4.78, 5) is 13.2. The highest BCUT2D eigenvalue weighted by Gasteiger charge is 2.42. The molecule has 3 heterocycles. The predicted molar refractivity (Wildman–Crippen MR) is 47.2 cm³/mol. The van der Waals surface area contributed by atoms with Gasteiger partial charge >= 0.3 is 0 Å². The van der Waals surface area contributed by atoms with E-state index in [4.69, 9.17) is 4.42 Å². The van der Waals surface area contributed by atoms with E-state index in [0.29, 0.717) is 18.7 Å². The average molecular weight is 193 g/mol. The summed E-state index contributed by atoms with van der Waals surface area (Å²) in [7, 11) is 0. The molecule has 4 heteroatoms. The van der Waals surface area contributed by atoms with Crippen LogP contribution in [0.1, 0.15) is 30.3 Å². The zero-order valence-corrected chi connectivity index (χ0v) is 7.64. The Morgan fingerprint density at radius 2 is 2.43 bits per heavy atom. The van der Waals surface area contributed by atoms with Gasteiger partial charge in [-0.05, 0) is 12.5 Å². The monoisotopic (exact) mass is 193 g/mol. The normalized spacial score (nSPS) is 30.4. The van der Waals surface area contributed by atoms with Gasteiger partial charge in [0.1, 0.15) is 11.9 Å². The molecule has 2 aliphatic rings. The van der Waals surface area contributed by atoms with E-state index in [0.717, 1.165) is 12.0 Å². The van der Waals surface area contributed by atoms with Crippen molar-refractivity contribution in [1.29, 1.82) is 0 Å². The van der Waals surface area contributed by atoms with Gasteiger partial charge in [0.15, 0.2) is 0 Å². The topological polar surface area (TPSA) is 53.7 Å². The number of amides is 1. The first-order valence-electron chi connectivity index (χ1n) is 4.81. The van der Waals surface area contributed by atoms with E-state index in [9.17, 15) is 9.90 Å². The van der Waals surface area contributed by atoms with Gasteiger partial charge in [-0.3, -0.25) is 4.79 Å². The fourth-order valence-electron chi connectivity index (χ4n) is 2.39. The van der Waals surface area contributed by atoms with Gasteiger partial charge in [-0.2, -0.15) is 0 Å². The zero-order chi connectivity index (χ0) is 9.71. The number of hydrogen-bond acceptors (Lipinski definition) is 3. The third-order valence-electron chi connectivity index (χ3n) is 3.13. The summed E-state index contributed by atoms with van der Waals surface area (Å²) in [6.07, 6.45) is 2.22. The molecule has 1 amide bonds. The van der Waals surface area contributed by atoms with Crippen LogP contribution in [0.25, 0.3) is 0 Å². The van der Waals surface area contributed by atoms with Crippen molar-refractivity contribution in [2.75, 3.05) is 0 Å². The summed E-state index contributed by atoms with van der Waals surface area (Å²) in [5.41, 5.74) is 0.934. The maximum absolute atomic E-state index is 11.5. The SMILES string of the molecule is O=C1CC[C@H]2[C@H](O)c3occc3CN12. The molecule has 3 rings (SSSR count). The summed E-state index contributed by atoms with van der Waals surface area (Å²) in [6.45, 7) is 0.590. The molecule has 0 radical (unpaired) electrons. The Bertz CT molecular complexity index is 384. The van der Waals surface area contributed by atoms with Crippen molar-refractivity contribution in [1.82, 2.24) is 4.90 Å². The third kappa shape index (κ3) is 0.889. The van der Waals surface area contributed by atoms with Crippen LogP contribution in [0.2, 0.25) is 0 Å². The Kier molecular flexibility index (Phi) is 1.50. The molecule has 1 saturated heterocycles. The molecule has 1 N–H and O–H groups in total. The minimum Gasteiger partial charge on any atom is -0.466 e. The fraction of sp³-hybridized carbons (Fsp3) is 0.500. The molecule has 0 spiro atoms. The average Bonchev–Trinajstić information content (AvgIpc) is 2.75. The Labute approximate surface area is 81.1 Å². The molecule has 0 unspecified atom stereocenters. The second-order valence-corrected chi connectivity index (χ2v) is 3.88. The van der Waals surface area contributed by atoms with E-state index in [1.807, 2.05) is 6.07 Å². The molecule has 74 valence electrons. The van der Waals surface area contributed by atoms with E-state index in [-0.39, 0.29) is 11.9 Å². The molecular weight excluding hydrogens is 182 g/mol. The van der Waals surface area contributed by atoms with Crippen LogP contribution in [0.4, 0.5) is 0 Å². The van der Waals surface area contributed by atoms with Gasteiger partial charge in [0.05, 0.1) is 12.3 Å². The maximum atomic E-state index is 11.5. The first-order chi connectivity index (χ1) is 6.77. The zero-order valence-electron chi connectivity index (χ0n) is 7.64. The van der Waals surface area contributed by atoms with Crippen molar-refractivity contribution in [3.8, 4) is 0 Å². The fourth-order valence-corrected chi connectivity index (χ4v) is 2.39. The van der Waals surface area contributed by atoms with Crippen molar-refractivity contribution in [3.63, 3.8) is 0 Å². The van der Waals surface area contributed by atoms with Gasteiger partial charge < -0.3 is 14.4 Å². The summed E-state index contributed by atoms with van der Waals surface area (Å²) in [5.74, 6) is 0.779. The number of rotatable bonds is 0. The molecule has 2 atom stereocenters. The highest BCUT2D eigenvalue weighted by Crippen LogP contribution is 2.37. The predicted octanol–water partition coefficient (Wildman–Crippen LogP) is 0.818. The Hall–Kier alpha value is -1.29. The van der Waals surface area contributed by atoms with Gasteiger partial charge in [0.25, 0.3) is 0 Å². The van der Waals surface area contributed by atoms with E-state index >= 15 is 0 Å². The lowest BCUT2D eigenvalue weighted by Gasteiger charge is -2.32. The lowest BCUT2D eigenvalue weighted by atomic mass is 9.99. The summed E-state index contributed by atoms with van der Waals surface area (Å²) < 4.78 is 5.22. The van der Waals surface area contributed by atoms with E-state index in [1.165, 1.54) is 0 Å². The molecule has 0 aromatic carbocycles. The molecule has 0 bridgehead atoms. The molecule has 14 heavy (non-hydrogen) atoms. The van der Waals surface area contributed by atoms with Crippen LogP contribution < -0.4 is 0 Å². The first kappa shape index (κ1) is 8.05. The molecule has 4 nitrogen and oxygen atoms in total. The van der Waals surface area contributed by atoms with E-state index in [1.54, 1.807) is 11.2 Å². The molecule has 0 saturated carbocycles. The third-order valence-corrected chi connectivity index (χ3v) is 3.13. The summed E-state index contributed by atoms with van der Waals surface area (Å²) >= 11 is 0. The molecule has 1 fully saturated rings. The number of aliphatic hydroxyl groups excluding tert-OH is 1. The van der Waals surface area contributed by atoms with Gasteiger partial charge in [-0.15, -0.1) is 0 Å². The number of fused-ring (bicyclic) bond motifs is 2. The van der Waals surface area contributed by atoms with Crippen LogP contribution >= 0.6 is 0 Å². The second-order valence-electron chi connectivity index (χ2n) is 3.88. The minimum atomic E-state index is -0.639. The molecule has 2 aliphatic heterocycles. The first-order valence-corrected chi connectivity index (χ1v) is 4.81. The smallest absolute Gasteiger partial charge is 0.223 e. The minimum absolute atomic E-state index is 0.0684. The van der Waals surface area contributed by atoms with Crippen molar-refractivity contribution >= 4 is 5.91 Å². The highest BCUT2D eigenvalue weighted by atomic mass is 16.4. The van der Waals surface area contributed by atoms with Crippen LogP contribution in [-0.4, -0.2) is 22.0 Å². The second kappa shape index (κ2) is 2.60. The quantitative estimate of drug-likeness (QED) is 0.663. The van der Waals surface area contributed by atoms with Crippen LogP contribution in [-0.2, 0) is 11.3 Å². The summed E-state index contributed by atoms with van der Waals surface area (Å²) in [5, 5.41) is 9.95. The van der Waals surface area contributed by atoms with Crippen LogP contribution in [0.15, 0.2) is 16.7 Å². The maximum Gasteiger partial charge on any atom is 0.223 e. The van der Waals surface area contributed by atoms with Crippen molar-refractivity contribution in [3.05, 3.63) is 23.7 Å². The number of aliphatic hydroxyl groups is 1. The van der Waals surface area contributed by atoms with E-state index < -0.39 is 6.10 Å².